The first-order valence-corrected chi connectivity index (χ1v) is 7.44. The first-order chi connectivity index (χ1) is 8.74. The average Bonchev–Trinajstić information content (AvgIpc) is 2.38. The Morgan fingerprint density at radius 1 is 1.33 bits per heavy atom. The van der Waals surface area contributed by atoms with Gasteiger partial charge in [-0.15, -0.1) is 11.8 Å². The van der Waals surface area contributed by atoms with E-state index in [1.165, 1.54) is 31.0 Å². The third-order valence-corrected chi connectivity index (χ3v) is 4.15. The molecule has 1 aliphatic rings. The second-order valence-electron chi connectivity index (χ2n) is 4.69. The van der Waals surface area contributed by atoms with E-state index in [-0.39, 0.29) is 11.7 Å². The van der Waals surface area contributed by atoms with Crippen LogP contribution in [0.5, 0.6) is 5.75 Å². The molecule has 1 aromatic carbocycles. The minimum Gasteiger partial charge on any atom is -0.508 e. The van der Waals surface area contributed by atoms with Crippen molar-refractivity contribution in [1.29, 1.82) is 0 Å². The first-order valence-electron chi connectivity index (χ1n) is 6.45. The van der Waals surface area contributed by atoms with Gasteiger partial charge in [0, 0.05) is 10.9 Å². The highest BCUT2D eigenvalue weighted by atomic mass is 32.2. The van der Waals surface area contributed by atoms with E-state index in [0.29, 0.717) is 11.8 Å². The molecule has 0 unspecified atom stereocenters. The number of carbonyl (C=O) groups is 1. The highest BCUT2D eigenvalue weighted by Gasteiger charge is 2.15. The van der Waals surface area contributed by atoms with Gasteiger partial charge >= 0.3 is 0 Å². The van der Waals surface area contributed by atoms with Gasteiger partial charge in [-0.2, -0.15) is 0 Å². The lowest BCUT2D eigenvalue weighted by molar-refractivity contribution is -0.119. The van der Waals surface area contributed by atoms with Crippen molar-refractivity contribution in [3.63, 3.8) is 0 Å². The molecular weight excluding hydrogens is 246 g/mol. The van der Waals surface area contributed by atoms with Crippen molar-refractivity contribution in [1.82, 2.24) is 5.32 Å². The molecule has 0 atom stereocenters. The molecular formula is C14H19NO2S. The number of phenols is 1. The Morgan fingerprint density at radius 2 is 2.11 bits per heavy atom. The highest BCUT2D eigenvalue weighted by Crippen LogP contribution is 2.22. The molecule has 1 aromatic rings. The lowest BCUT2D eigenvalue weighted by Gasteiger charge is -2.22. The van der Waals surface area contributed by atoms with E-state index < -0.39 is 0 Å². The molecule has 4 heteroatoms. The number of phenolic OH excluding ortho intramolecular Hbond substituents is 1. The number of nitrogens with one attached hydrogen (secondary N) is 1. The van der Waals surface area contributed by atoms with E-state index in [9.17, 15) is 9.90 Å². The zero-order chi connectivity index (χ0) is 12.8. The smallest absolute Gasteiger partial charge is 0.230 e. The number of carbonyl (C=O) groups excluding carboxylic acids is 1. The van der Waals surface area contributed by atoms with Gasteiger partial charge in [0.15, 0.2) is 0 Å². The van der Waals surface area contributed by atoms with Crippen LogP contribution in [0.3, 0.4) is 0 Å². The molecule has 0 saturated heterocycles. The van der Waals surface area contributed by atoms with Crippen LogP contribution in [-0.4, -0.2) is 22.8 Å². The molecule has 0 aromatic heterocycles. The number of hydrogen-bond donors (Lipinski definition) is 2. The number of aromatic hydroxyl groups is 1. The van der Waals surface area contributed by atoms with Crippen molar-refractivity contribution >= 4 is 17.7 Å². The summed E-state index contributed by atoms with van der Waals surface area (Å²) in [6, 6.07) is 7.37. The molecule has 1 saturated carbocycles. The van der Waals surface area contributed by atoms with E-state index in [2.05, 4.69) is 5.32 Å². The summed E-state index contributed by atoms with van der Waals surface area (Å²) < 4.78 is 0. The Morgan fingerprint density at radius 3 is 2.83 bits per heavy atom. The molecule has 1 fully saturated rings. The van der Waals surface area contributed by atoms with Gasteiger partial charge in [-0.1, -0.05) is 25.3 Å². The molecule has 0 bridgehead atoms. The predicted octanol–water partition coefficient (Wildman–Crippen LogP) is 2.93. The summed E-state index contributed by atoms with van der Waals surface area (Å²) in [7, 11) is 0. The molecule has 98 valence electrons. The molecule has 0 radical (unpaired) electrons. The van der Waals surface area contributed by atoms with Crippen molar-refractivity contribution in [2.45, 2.75) is 43.0 Å². The summed E-state index contributed by atoms with van der Waals surface area (Å²) in [6.45, 7) is 0. The Hall–Kier alpha value is -1.16. The maximum Gasteiger partial charge on any atom is 0.230 e. The van der Waals surface area contributed by atoms with Crippen LogP contribution in [0.15, 0.2) is 29.2 Å². The molecule has 1 amide bonds. The minimum atomic E-state index is 0.0928. The lowest BCUT2D eigenvalue weighted by Crippen LogP contribution is -2.37. The summed E-state index contributed by atoms with van der Waals surface area (Å²) in [6.07, 6.45) is 5.98. The van der Waals surface area contributed by atoms with E-state index in [1.54, 1.807) is 18.2 Å². The SMILES string of the molecule is O=C(CSc1cccc(O)c1)NC1CCCCC1. The van der Waals surface area contributed by atoms with Crippen LogP contribution < -0.4 is 5.32 Å². The van der Waals surface area contributed by atoms with Crippen LogP contribution in [0.1, 0.15) is 32.1 Å². The second-order valence-corrected chi connectivity index (χ2v) is 5.74. The van der Waals surface area contributed by atoms with Gasteiger partial charge in [0.1, 0.15) is 5.75 Å². The minimum absolute atomic E-state index is 0.0928. The van der Waals surface area contributed by atoms with Gasteiger partial charge in [0.2, 0.25) is 5.91 Å². The van der Waals surface area contributed by atoms with Crippen molar-refractivity contribution < 1.29 is 9.90 Å². The third kappa shape index (κ3) is 4.26. The Balaban J connectivity index is 1.74. The third-order valence-electron chi connectivity index (χ3n) is 3.16. The van der Waals surface area contributed by atoms with Gasteiger partial charge in [0.05, 0.1) is 5.75 Å². The van der Waals surface area contributed by atoms with Crippen molar-refractivity contribution in [2.75, 3.05) is 5.75 Å². The number of thioether (sulfide) groups is 1. The van der Waals surface area contributed by atoms with E-state index in [0.717, 1.165) is 17.7 Å². The fraction of sp³-hybridized carbons (Fsp3) is 0.500. The standard InChI is InChI=1S/C14H19NO2S/c16-12-7-4-8-13(9-12)18-10-14(17)15-11-5-2-1-3-6-11/h4,7-9,11,16H,1-3,5-6,10H2,(H,15,17). The maximum absolute atomic E-state index is 11.8. The molecule has 2 rings (SSSR count). The molecule has 0 spiro atoms. The van der Waals surface area contributed by atoms with Crippen molar-refractivity contribution in [2.24, 2.45) is 0 Å². The fourth-order valence-corrected chi connectivity index (χ4v) is 3.00. The van der Waals surface area contributed by atoms with Crippen molar-refractivity contribution in [3.8, 4) is 5.75 Å². The van der Waals surface area contributed by atoms with Crippen LogP contribution >= 0.6 is 11.8 Å². The monoisotopic (exact) mass is 265 g/mol. The summed E-state index contributed by atoms with van der Waals surface area (Å²) in [5.74, 6) is 0.753. The second kappa shape index (κ2) is 6.69. The summed E-state index contributed by atoms with van der Waals surface area (Å²) in [4.78, 5) is 12.7. The molecule has 0 aliphatic heterocycles. The predicted molar refractivity (Wildman–Crippen MR) is 73.8 cm³/mol. The van der Waals surface area contributed by atoms with Gasteiger partial charge in [-0.05, 0) is 31.0 Å². The Bertz CT molecular complexity index is 403. The van der Waals surface area contributed by atoms with Crippen LogP contribution in [0.25, 0.3) is 0 Å². The Labute approximate surface area is 112 Å². The first kappa shape index (κ1) is 13.3. The lowest BCUT2D eigenvalue weighted by atomic mass is 9.95. The Kier molecular flexibility index (Phi) is 4.93. The molecule has 18 heavy (non-hydrogen) atoms. The zero-order valence-electron chi connectivity index (χ0n) is 10.4. The summed E-state index contributed by atoms with van der Waals surface area (Å²) >= 11 is 1.46. The van der Waals surface area contributed by atoms with E-state index in [4.69, 9.17) is 0 Å². The topological polar surface area (TPSA) is 49.3 Å². The largest absolute Gasteiger partial charge is 0.508 e. The fourth-order valence-electron chi connectivity index (χ4n) is 2.24. The molecule has 0 heterocycles. The van der Waals surface area contributed by atoms with E-state index >= 15 is 0 Å². The normalized spacial score (nSPS) is 16.4. The van der Waals surface area contributed by atoms with Gasteiger partial charge in [-0.25, -0.2) is 0 Å². The van der Waals surface area contributed by atoms with Gasteiger partial charge in [0.25, 0.3) is 0 Å². The quantitative estimate of drug-likeness (QED) is 0.823. The van der Waals surface area contributed by atoms with Crippen LogP contribution in [-0.2, 0) is 4.79 Å². The highest BCUT2D eigenvalue weighted by molar-refractivity contribution is 8.00. The van der Waals surface area contributed by atoms with Gasteiger partial charge < -0.3 is 10.4 Å². The summed E-state index contributed by atoms with van der Waals surface area (Å²) in [5.41, 5.74) is 0. The van der Waals surface area contributed by atoms with Crippen LogP contribution in [0, 0.1) is 0 Å². The number of amides is 1. The summed E-state index contributed by atoms with van der Waals surface area (Å²) in [5, 5.41) is 12.4. The molecule has 2 N–H and O–H groups in total. The zero-order valence-corrected chi connectivity index (χ0v) is 11.2. The number of hydrogen-bond acceptors (Lipinski definition) is 3. The molecule has 3 nitrogen and oxygen atoms in total. The van der Waals surface area contributed by atoms with E-state index in [1.807, 2.05) is 6.07 Å². The number of benzene rings is 1. The van der Waals surface area contributed by atoms with Crippen LogP contribution in [0.4, 0.5) is 0 Å². The van der Waals surface area contributed by atoms with Crippen LogP contribution in [0.2, 0.25) is 0 Å². The number of rotatable bonds is 4. The molecule has 1 aliphatic carbocycles. The van der Waals surface area contributed by atoms with Gasteiger partial charge in [-0.3, -0.25) is 4.79 Å². The average molecular weight is 265 g/mol. The van der Waals surface area contributed by atoms with Crippen molar-refractivity contribution in [3.05, 3.63) is 24.3 Å². The maximum atomic E-state index is 11.8.